The molecule has 1 saturated heterocycles. The number of aliphatic hydroxyl groups is 1. The molecule has 1 fully saturated rings. The molecule has 31 heavy (non-hydrogen) atoms. The number of rotatable bonds is 4. The summed E-state index contributed by atoms with van der Waals surface area (Å²) in [5.74, 6) is -1.24. The highest BCUT2D eigenvalue weighted by atomic mass is 19.4. The molecule has 0 radical (unpaired) electrons. The van der Waals surface area contributed by atoms with Gasteiger partial charge in [0, 0.05) is 31.0 Å². The number of oxazole rings is 1. The number of anilines is 2. The number of nitrogens with zero attached hydrogens (tertiary/aromatic N) is 2. The Labute approximate surface area is 173 Å². The lowest BCUT2D eigenvalue weighted by Crippen LogP contribution is -2.47. The number of benzene rings is 1. The molecule has 1 aliphatic heterocycles. The Bertz CT molecular complexity index is 1160. The number of H-pyrrole nitrogens is 1. The Hall–Kier alpha value is -3.34. The zero-order valence-corrected chi connectivity index (χ0v) is 16.2. The normalized spacial score (nSPS) is 16.5. The number of aromatic amines is 1. The average molecular weight is 436 g/mol. The van der Waals surface area contributed by atoms with Crippen molar-refractivity contribution in [3.05, 3.63) is 52.6 Å². The average Bonchev–Trinajstić information content (AvgIpc) is 3.07. The fourth-order valence-corrected chi connectivity index (χ4v) is 3.71. The topological polar surface area (TPSA) is 111 Å². The van der Waals surface area contributed by atoms with Crippen LogP contribution in [0.15, 0.2) is 45.7 Å². The summed E-state index contributed by atoms with van der Waals surface area (Å²) in [6, 6.07) is 6.84. The first kappa shape index (κ1) is 20.9. The second-order valence-corrected chi connectivity index (χ2v) is 7.53. The summed E-state index contributed by atoms with van der Waals surface area (Å²) in [5, 5.41) is 13.4. The minimum absolute atomic E-state index is 0.111. The van der Waals surface area contributed by atoms with Gasteiger partial charge < -0.3 is 19.7 Å². The molecule has 3 N–H and O–H groups in total. The molecule has 3 heterocycles. The van der Waals surface area contributed by atoms with Gasteiger partial charge in [0.1, 0.15) is 5.82 Å². The zero-order chi connectivity index (χ0) is 22.2. The van der Waals surface area contributed by atoms with E-state index in [1.807, 2.05) is 0 Å². The molecule has 1 aliphatic rings. The fourth-order valence-electron chi connectivity index (χ4n) is 3.71. The summed E-state index contributed by atoms with van der Waals surface area (Å²) in [6.45, 7) is 0.259. The number of hydrogen-bond donors (Lipinski definition) is 3. The minimum atomic E-state index is -4.53. The lowest BCUT2D eigenvalue weighted by molar-refractivity contribution is -0.137. The van der Waals surface area contributed by atoms with E-state index < -0.39 is 29.0 Å². The van der Waals surface area contributed by atoms with E-state index in [4.69, 9.17) is 4.42 Å². The summed E-state index contributed by atoms with van der Waals surface area (Å²) in [5.41, 5.74) is -1.01. The predicted octanol–water partition coefficient (Wildman–Crippen LogP) is 2.90. The molecule has 3 aromatic rings. The Kier molecular flexibility index (Phi) is 5.21. The van der Waals surface area contributed by atoms with Crippen molar-refractivity contribution >= 4 is 28.5 Å². The number of halogens is 3. The van der Waals surface area contributed by atoms with Gasteiger partial charge in [-0.25, -0.2) is 9.78 Å². The summed E-state index contributed by atoms with van der Waals surface area (Å²) >= 11 is 0. The largest absolute Gasteiger partial charge is 0.419 e. The quantitative estimate of drug-likeness (QED) is 0.580. The van der Waals surface area contributed by atoms with Crippen LogP contribution in [-0.4, -0.2) is 39.7 Å². The number of alkyl halides is 3. The van der Waals surface area contributed by atoms with Crippen LogP contribution in [0, 0.1) is 0 Å². The van der Waals surface area contributed by atoms with Crippen molar-refractivity contribution in [2.45, 2.75) is 31.0 Å². The van der Waals surface area contributed by atoms with E-state index in [2.05, 4.69) is 15.3 Å². The SMILES string of the molecule is O=C(CC1(O)CCN(c2ncccc2C(F)(F)F)CC1)Nc1ccc2[nH]c(=O)oc2c1. The molecular formula is C20H19F3N4O4. The van der Waals surface area contributed by atoms with E-state index in [1.165, 1.54) is 23.2 Å². The fraction of sp³-hybridized carbons (Fsp3) is 0.350. The van der Waals surface area contributed by atoms with Crippen LogP contribution >= 0.6 is 0 Å². The molecule has 1 aromatic carbocycles. The summed E-state index contributed by atoms with van der Waals surface area (Å²) < 4.78 is 44.7. The van der Waals surface area contributed by atoms with Crippen molar-refractivity contribution < 1.29 is 27.5 Å². The first-order valence-corrected chi connectivity index (χ1v) is 9.55. The zero-order valence-electron chi connectivity index (χ0n) is 16.2. The van der Waals surface area contributed by atoms with Crippen molar-refractivity contribution in [2.24, 2.45) is 0 Å². The van der Waals surface area contributed by atoms with Gasteiger partial charge in [-0.3, -0.25) is 9.78 Å². The predicted molar refractivity (Wildman–Crippen MR) is 106 cm³/mol. The summed E-state index contributed by atoms with van der Waals surface area (Å²) in [4.78, 5) is 31.5. The highest BCUT2D eigenvalue weighted by molar-refractivity contribution is 5.93. The van der Waals surface area contributed by atoms with E-state index in [-0.39, 0.29) is 43.8 Å². The van der Waals surface area contributed by atoms with Crippen LogP contribution < -0.4 is 16.0 Å². The van der Waals surface area contributed by atoms with Crippen LogP contribution in [0.5, 0.6) is 0 Å². The number of nitrogens with one attached hydrogen (secondary N) is 2. The lowest BCUT2D eigenvalue weighted by atomic mass is 9.87. The van der Waals surface area contributed by atoms with Crippen LogP contribution in [0.25, 0.3) is 11.1 Å². The number of piperidine rings is 1. The van der Waals surface area contributed by atoms with Crippen molar-refractivity contribution in [3.8, 4) is 0 Å². The summed E-state index contributed by atoms with van der Waals surface area (Å²) in [6.07, 6.45) is -3.23. The van der Waals surface area contributed by atoms with Gasteiger partial charge >= 0.3 is 11.9 Å². The highest BCUT2D eigenvalue weighted by Crippen LogP contribution is 2.37. The second kappa shape index (κ2) is 7.73. The Balaban J connectivity index is 1.39. The first-order valence-electron chi connectivity index (χ1n) is 9.55. The molecular weight excluding hydrogens is 417 g/mol. The molecule has 4 rings (SSSR count). The van der Waals surface area contributed by atoms with Crippen LogP contribution in [0.1, 0.15) is 24.8 Å². The Morgan fingerprint density at radius 2 is 2.03 bits per heavy atom. The van der Waals surface area contributed by atoms with Gasteiger partial charge in [-0.05, 0) is 37.1 Å². The Morgan fingerprint density at radius 3 is 2.74 bits per heavy atom. The first-order chi connectivity index (χ1) is 14.6. The standard InChI is InChI=1S/C20H19F3N4O4/c21-20(22,23)13-2-1-7-24-17(13)27-8-5-19(30,6-9-27)11-16(28)25-12-3-4-14-15(10-12)31-18(29)26-14/h1-4,7,10,30H,5-6,8-9,11H2,(H,25,28)(H,26,29). The molecule has 0 saturated carbocycles. The van der Waals surface area contributed by atoms with Gasteiger partial charge in [0.2, 0.25) is 5.91 Å². The maximum absolute atomic E-state index is 13.2. The number of hydrogen-bond acceptors (Lipinski definition) is 6. The maximum atomic E-state index is 13.2. The van der Waals surface area contributed by atoms with Gasteiger partial charge in [0.15, 0.2) is 5.58 Å². The number of aromatic nitrogens is 2. The molecule has 0 atom stereocenters. The van der Waals surface area contributed by atoms with Crippen LogP contribution in [0.3, 0.4) is 0 Å². The number of fused-ring (bicyclic) bond motifs is 1. The highest BCUT2D eigenvalue weighted by Gasteiger charge is 2.39. The smallest absolute Gasteiger partial charge is 0.408 e. The number of pyridine rings is 1. The van der Waals surface area contributed by atoms with Gasteiger partial charge in [-0.2, -0.15) is 13.2 Å². The monoisotopic (exact) mass is 436 g/mol. The molecule has 8 nitrogen and oxygen atoms in total. The van der Waals surface area contributed by atoms with Gasteiger partial charge in [0.25, 0.3) is 0 Å². The summed E-state index contributed by atoms with van der Waals surface area (Å²) in [7, 11) is 0. The molecule has 0 unspecified atom stereocenters. The number of carbonyl (C=O) groups is 1. The van der Waals surface area contributed by atoms with E-state index in [1.54, 1.807) is 12.1 Å². The third-order valence-corrected chi connectivity index (χ3v) is 5.28. The van der Waals surface area contributed by atoms with Crippen LogP contribution in [0.2, 0.25) is 0 Å². The van der Waals surface area contributed by atoms with Gasteiger partial charge in [0.05, 0.1) is 23.1 Å². The second-order valence-electron chi connectivity index (χ2n) is 7.53. The van der Waals surface area contributed by atoms with Gasteiger partial charge in [-0.1, -0.05) is 0 Å². The van der Waals surface area contributed by atoms with Crippen LogP contribution in [0.4, 0.5) is 24.7 Å². The van der Waals surface area contributed by atoms with E-state index in [0.29, 0.717) is 11.2 Å². The lowest BCUT2D eigenvalue weighted by Gasteiger charge is -2.39. The molecule has 0 bridgehead atoms. The number of amides is 1. The van der Waals surface area contributed by atoms with Crippen molar-refractivity contribution in [1.29, 1.82) is 0 Å². The number of carbonyl (C=O) groups excluding carboxylic acids is 1. The van der Waals surface area contributed by atoms with E-state index in [9.17, 15) is 27.9 Å². The van der Waals surface area contributed by atoms with Gasteiger partial charge in [-0.15, -0.1) is 0 Å². The molecule has 164 valence electrons. The molecule has 2 aromatic heterocycles. The Morgan fingerprint density at radius 1 is 1.29 bits per heavy atom. The van der Waals surface area contributed by atoms with Crippen molar-refractivity contribution in [3.63, 3.8) is 0 Å². The maximum Gasteiger partial charge on any atom is 0.419 e. The van der Waals surface area contributed by atoms with Crippen LogP contribution in [-0.2, 0) is 11.0 Å². The van der Waals surface area contributed by atoms with E-state index >= 15 is 0 Å². The molecule has 11 heteroatoms. The minimum Gasteiger partial charge on any atom is -0.408 e. The van der Waals surface area contributed by atoms with Crippen molar-refractivity contribution in [2.75, 3.05) is 23.3 Å². The van der Waals surface area contributed by atoms with Crippen molar-refractivity contribution in [1.82, 2.24) is 9.97 Å². The van der Waals surface area contributed by atoms with E-state index in [0.717, 1.165) is 6.07 Å². The molecule has 0 aliphatic carbocycles. The third kappa shape index (κ3) is 4.55. The molecule has 0 spiro atoms. The molecule has 1 amide bonds. The third-order valence-electron chi connectivity index (χ3n) is 5.28.